The third-order valence-electron chi connectivity index (χ3n) is 8.59. The quantitative estimate of drug-likeness (QED) is 0.0992. The molecule has 1 aliphatic rings. The first-order valence-corrected chi connectivity index (χ1v) is 15.9. The van der Waals surface area contributed by atoms with Crippen molar-refractivity contribution in [3.05, 3.63) is 142 Å². The Labute approximate surface area is 298 Å². The lowest BCUT2D eigenvalue weighted by atomic mass is 9.66. The molecule has 12 nitrogen and oxygen atoms in total. The number of phenols is 2. The number of ether oxygens (including phenoxy) is 4. The molecule has 0 bridgehead atoms. The molecule has 52 heavy (non-hydrogen) atoms. The number of phenolic OH excluding ortho intramolecular Hbond substituents is 2. The third kappa shape index (κ3) is 7.04. The molecule has 0 fully saturated rings. The Bertz CT molecular complexity index is 2110. The van der Waals surface area contributed by atoms with Gasteiger partial charge in [0, 0.05) is 11.1 Å². The Morgan fingerprint density at radius 2 is 1.04 bits per heavy atom. The van der Waals surface area contributed by atoms with Crippen LogP contribution in [0.4, 0.5) is 0 Å². The monoisotopic (exact) mass is 708 g/mol. The summed E-state index contributed by atoms with van der Waals surface area (Å²) in [7, 11) is 2.77. The van der Waals surface area contributed by atoms with Gasteiger partial charge in [-0.15, -0.1) is 0 Å². The van der Waals surface area contributed by atoms with Gasteiger partial charge in [0.1, 0.15) is 23.0 Å². The lowest BCUT2D eigenvalue weighted by Crippen LogP contribution is -2.45. The molecule has 12 heteroatoms. The van der Waals surface area contributed by atoms with E-state index in [1.807, 2.05) is 0 Å². The molecule has 2 atom stereocenters. The minimum Gasteiger partial charge on any atom is -0.508 e. The zero-order valence-corrected chi connectivity index (χ0v) is 28.9. The Hall–Kier alpha value is -6.56. The van der Waals surface area contributed by atoms with Gasteiger partial charge in [0.2, 0.25) is 0 Å². The molecule has 2 unspecified atom stereocenters. The van der Waals surface area contributed by atoms with Crippen molar-refractivity contribution < 1.29 is 58.6 Å². The summed E-state index contributed by atoms with van der Waals surface area (Å²) in [5, 5.41) is 40.5. The van der Waals surface area contributed by atoms with Crippen LogP contribution in [0.2, 0.25) is 0 Å². The van der Waals surface area contributed by atoms with E-state index in [1.165, 1.54) is 117 Å². The zero-order chi connectivity index (χ0) is 38.0. The molecule has 5 rings (SSSR count). The average Bonchev–Trinajstić information content (AvgIpc) is 3.11. The Morgan fingerprint density at radius 3 is 1.48 bits per heavy atom. The minimum atomic E-state index is -2.04. The Balaban J connectivity index is 1.88. The van der Waals surface area contributed by atoms with Gasteiger partial charge in [-0.2, -0.15) is 0 Å². The van der Waals surface area contributed by atoms with Crippen molar-refractivity contribution in [2.45, 2.75) is 32.0 Å². The Kier molecular flexibility index (Phi) is 9.87. The van der Waals surface area contributed by atoms with Crippen LogP contribution in [0.15, 0.2) is 109 Å². The standard InChI is InChI=1S/C40H36O12/c1-38(2,3)33-22-39(51-36(47)23-6-10-25(41)11-7-23,31-20-27(49-4)14-16-29(31)34(43)44)18-19-40(33,52-37(48)24-8-12-26(42)13-9-24)32-21-28(50-5)15-17-30(32)35(45)46/h6-22,41-42H,1-5H3,(H,43,44)(H,45,46). The molecule has 0 radical (unpaired) electrons. The average molecular weight is 709 g/mol. The Morgan fingerprint density at radius 1 is 0.596 bits per heavy atom. The van der Waals surface area contributed by atoms with Crippen LogP contribution in [-0.2, 0) is 20.7 Å². The molecule has 4 aromatic rings. The van der Waals surface area contributed by atoms with Crippen molar-refractivity contribution in [2.24, 2.45) is 5.41 Å². The first-order valence-electron chi connectivity index (χ1n) is 15.9. The number of benzene rings is 4. The highest BCUT2D eigenvalue weighted by Gasteiger charge is 2.52. The van der Waals surface area contributed by atoms with Crippen molar-refractivity contribution in [2.75, 3.05) is 14.2 Å². The predicted octanol–water partition coefficient (Wildman–Crippen LogP) is 6.86. The molecule has 0 saturated heterocycles. The van der Waals surface area contributed by atoms with Gasteiger partial charge in [0.15, 0.2) is 11.2 Å². The van der Waals surface area contributed by atoms with E-state index in [0.29, 0.717) is 0 Å². The van der Waals surface area contributed by atoms with E-state index in [4.69, 9.17) is 18.9 Å². The number of carbonyl (C=O) groups is 4. The van der Waals surface area contributed by atoms with Crippen LogP contribution in [0.5, 0.6) is 23.0 Å². The number of aromatic carboxylic acids is 2. The molecule has 1 aliphatic carbocycles. The second-order valence-electron chi connectivity index (χ2n) is 13.0. The molecule has 268 valence electrons. The molecule has 0 spiro atoms. The number of hydrogen-bond donors (Lipinski definition) is 4. The summed E-state index contributed by atoms with van der Waals surface area (Å²) in [6.07, 6.45) is 4.14. The van der Waals surface area contributed by atoms with E-state index in [1.54, 1.807) is 20.8 Å². The summed E-state index contributed by atoms with van der Waals surface area (Å²) >= 11 is 0. The van der Waals surface area contributed by atoms with E-state index in [0.717, 1.165) is 0 Å². The summed E-state index contributed by atoms with van der Waals surface area (Å²) in [5.74, 6) is -4.26. The summed E-state index contributed by atoms with van der Waals surface area (Å²) in [5.41, 5.74) is -5.42. The van der Waals surface area contributed by atoms with Crippen LogP contribution in [-0.4, -0.2) is 58.5 Å². The highest BCUT2D eigenvalue weighted by Crippen LogP contribution is 2.53. The van der Waals surface area contributed by atoms with E-state index in [2.05, 4.69) is 0 Å². The van der Waals surface area contributed by atoms with Crippen LogP contribution in [0.3, 0.4) is 0 Å². The van der Waals surface area contributed by atoms with Crippen molar-refractivity contribution in [1.82, 2.24) is 0 Å². The number of carboxylic acids is 2. The van der Waals surface area contributed by atoms with E-state index >= 15 is 0 Å². The molecule has 0 aromatic heterocycles. The fourth-order valence-electron chi connectivity index (χ4n) is 6.06. The van der Waals surface area contributed by atoms with Crippen molar-refractivity contribution in [3.63, 3.8) is 0 Å². The predicted molar refractivity (Wildman–Crippen MR) is 187 cm³/mol. The number of methoxy groups -OCH3 is 2. The maximum atomic E-state index is 14.0. The summed E-state index contributed by atoms with van der Waals surface area (Å²) < 4.78 is 23.5. The van der Waals surface area contributed by atoms with Crippen LogP contribution in [0, 0.1) is 5.41 Å². The SMILES string of the molecule is COc1ccc(C(=O)O)c(C2(OC(=O)c3ccc(O)cc3)C=CC(OC(=O)c3ccc(O)cc3)(c3cc(OC)ccc3C(=O)O)C(C(C)(C)C)=C2)c1. The van der Waals surface area contributed by atoms with Gasteiger partial charge in [0.25, 0.3) is 0 Å². The van der Waals surface area contributed by atoms with Crippen LogP contribution < -0.4 is 9.47 Å². The topological polar surface area (TPSA) is 186 Å². The maximum Gasteiger partial charge on any atom is 0.339 e. The third-order valence-corrected chi connectivity index (χ3v) is 8.59. The number of rotatable bonds is 10. The smallest absolute Gasteiger partial charge is 0.339 e. The highest BCUT2D eigenvalue weighted by molar-refractivity contribution is 5.94. The van der Waals surface area contributed by atoms with Gasteiger partial charge in [-0.3, -0.25) is 0 Å². The van der Waals surface area contributed by atoms with Gasteiger partial charge in [-0.25, -0.2) is 19.2 Å². The van der Waals surface area contributed by atoms with E-state index < -0.39 is 40.5 Å². The van der Waals surface area contributed by atoms with E-state index in [-0.39, 0.29) is 62.0 Å². The normalized spacial score (nSPS) is 18.1. The fraction of sp³-hybridized carbons (Fsp3) is 0.200. The molecular formula is C40H36O12. The molecule has 0 heterocycles. The van der Waals surface area contributed by atoms with Crippen LogP contribution >= 0.6 is 0 Å². The van der Waals surface area contributed by atoms with Crippen LogP contribution in [0.1, 0.15) is 73.3 Å². The number of hydrogen-bond acceptors (Lipinski definition) is 10. The van der Waals surface area contributed by atoms with Gasteiger partial charge in [-0.1, -0.05) is 20.8 Å². The number of esters is 2. The minimum absolute atomic E-state index is 0.0209. The van der Waals surface area contributed by atoms with Gasteiger partial charge >= 0.3 is 23.9 Å². The molecule has 0 amide bonds. The lowest BCUT2D eigenvalue weighted by molar-refractivity contribution is -0.00312. The molecule has 0 saturated carbocycles. The molecular weight excluding hydrogens is 672 g/mol. The molecule has 0 aliphatic heterocycles. The lowest BCUT2D eigenvalue weighted by Gasteiger charge is -2.45. The van der Waals surface area contributed by atoms with Crippen molar-refractivity contribution in [3.8, 4) is 23.0 Å². The summed E-state index contributed by atoms with van der Waals surface area (Å²) in [6, 6.07) is 18.8. The van der Waals surface area contributed by atoms with E-state index in [9.17, 15) is 39.6 Å². The van der Waals surface area contributed by atoms with Crippen LogP contribution in [0.25, 0.3) is 0 Å². The maximum absolute atomic E-state index is 14.0. The zero-order valence-electron chi connectivity index (χ0n) is 28.9. The number of carbonyl (C=O) groups excluding carboxylic acids is 2. The van der Waals surface area contributed by atoms with Gasteiger partial charge in [-0.05, 0) is 114 Å². The second-order valence-corrected chi connectivity index (χ2v) is 13.0. The summed E-state index contributed by atoms with van der Waals surface area (Å²) in [6.45, 7) is 5.29. The second kappa shape index (κ2) is 14.0. The first kappa shape index (κ1) is 36.7. The molecule has 4 N–H and O–H groups in total. The number of carboxylic acid groups (broad SMARTS) is 2. The van der Waals surface area contributed by atoms with Gasteiger partial charge in [0.05, 0.1) is 36.5 Å². The van der Waals surface area contributed by atoms with Gasteiger partial charge < -0.3 is 39.4 Å². The molecule has 4 aromatic carbocycles. The van der Waals surface area contributed by atoms with Crippen molar-refractivity contribution in [1.29, 1.82) is 0 Å². The highest BCUT2D eigenvalue weighted by atomic mass is 16.6. The summed E-state index contributed by atoms with van der Waals surface area (Å²) in [4.78, 5) is 53.4. The fourth-order valence-corrected chi connectivity index (χ4v) is 6.06. The largest absolute Gasteiger partial charge is 0.508 e. The van der Waals surface area contributed by atoms with Crippen molar-refractivity contribution >= 4 is 23.9 Å². The first-order chi connectivity index (χ1) is 24.5. The number of aromatic hydroxyl groups is 2.